The Morgan fingerprint density at radius 3 is 2.69 bits per heavy atom. The van der Waals surface area contributed by atoms with E-state index in [9.17, 15) is 4.79 Å². The highest BCUT2D eigenvalue weighted by molar-refractivity contribution is 5.70. The van der Waals surface area contributed by atoms with Crippen molar-refractivity contribution in [3.8, 4) is 0 Å². The van der Waals surface area contributed by atoms with Crippen LogP contribution in [0.15, 0.2) is 30.3 Å². The molecule has 3 heterocycles. The number of carbonyl (C=O) groups is 1. The lowest BCUT2D eigenvalue weighted by Gasteiger charge is -2.42. The van der Waals surface area contributed by atoms with Gasteiger partial charge in [-0.3, -0.25) is 4.90 Å². The van der Waals surface area contributed by atoms with Gasteiger partial charge in [-0.25, -0.2) is 4.79 Å². The molecule has 0 radical (unpaired) electrons. The Kier molecular flexibility index (Phi) is 6.73. The fraction of sp³-hybridized carbons (Fsp3) is 0.696. The molecule has 1 aromatic rings. The Labute approximate surface area is 174 Å². The van der Waals surface area contributed by atoms with Crippen LogP contribution in [0.5, 0.6) is 0 Å². The number of carbonyl (C=O) groups excluding carboxylic acids is 1. The molecule has 1 spiro atoms. The number of ether oxygens (including phenoxy) is 2. The topological polar surface area (TPSA) is 45.2 Å². The summed E-state index contributed by atoms with van der Waals surface area (Å²) < 4.78 is 11.6. The quantitative estimate of drug-likeness (QED) is 0.703. The Hall–Kier alpha value is -1.63. The lowest BCUT2D eigenvalue weighted by Crippen LogP contribution is -2.52. The van der Waals surface area contributed by atoms with Crippen molar-refractivity contribution in [2.45, 2.75) is 43.7 Å². The van der Waals surface area contributed by atoms with Crippen LogP contribution in [0.25, 0.3) is 0 Å². The van der Waals surface area contributed by atoms with Gasteiger partial charge in [0.15, 0.2) is 0 Å². The number of rotatable bonds is 7. The molecule has 3 saturated heterocycles. The largest absolute Gasteiger partial charge is 0.441 e. The first kappa shape index (κ1) is 20.6. The minimum absolute atomic E-state index is 0.129. The van der Waals surface area contributed by atoms with Crippen LogP contribution in [0, 0.1) is 0 Å². The van der Waals surface area contributed by atoms with Crippen molar-refractivity contribution in [1.29, 1.82) is 0 Å². The number of hydrogen-bond donors (Lipinski definition) is 0. The molecule has 1 atom stereocenters. The zero-order valence-corrected chi connectivity index (χ0v) is 17.7. The van der Waals surface area contributed by atoms with E-state index >= 15 is 0 Å². The third-order valence-electron chi connectivity index (χ3n) is 6.78. The molecule has 160 valence electrons. The minimum Gasteiger partial charge on any atom is -0.441 e. The van der Waals surface area contributed by atoms with Crippen LogP contribution in [0.4, 0.5) is 4.79 Å². The summed E-state index contributed by atoms with van der Waals surface area (Å²) in [7, 11) is 2.13. The van der Waals surface area contributed by atoms with Crippen LogP contribution in [-0.4, -0.2) is 92.0 Å². The SMILES string of the molecule is CN(CCc1ccccc1)CCN1CC2(CCN([C@@H]3CCCOC3)CC2)OC1=O. The van der Waals surface area contributed by atoms with Crippen LogP contribution in [0.3, 0.4) is 0 Å². The monoisotopic (exact) mass is 401 g/mol. The van der Waals surface area contributed by atoms with Gasteiger partial charge in [-0.15, -0.1) is 0 Å². The summed E-state index contributed by atoms with van der Waals surface area (Å²) in [6, 6.07) is 11.1. The van der Waals surface area contributed by atoms with Crippen LogP contribution in [-0.2, 0) is 15.9 Å². The van der Waals surface area contributed by atoms with Gasteiger partial charge < -0.3 is 19.3 Å². The number of piperidine rings is 1. The molecule has 6 nitrogen and oxygen atoms in total. The molecular formula is C23H35N3O3. The van der Waals surface area contributed by atoms with E-state index in [1.165, 1.54) is 12.0 Å². The summed E-state index contributed by atoms with van der Waals surface area (Å²) in [5, 5.41) is 0. The maximum atomic E-state index is 12.5. The first-order chi connectivity index (χ1) is 14.1. The van der Waals surface area contributed by atoms with Crippen LogP contribution in [0.2, 0.25) is 0 Å². The van der Waals surface area contributed by atoms with Crippen molar-refractivity contribution < 1.29 is 14.3 Å². The zero-order chi connectivity index (χ0) is 20.1. The molecule has 0 N–H and O–H groups in total. The molecule has 4 rings (SSSR count). The Morgan fingerprint density at radius 1 is 1.17 bits per heavy atom. The maximum Gasteiger partial charge on any atom is 0.410 e. The molecule has 0 aromatic heterocycles. The van der Waals surface area contributed by atoms with Crippen molar-refractivity contribution in [1.82, 2.24) is 14.7 Å². The molecule has 0 unspecified atom stereocenters. The number of amides is 1. The maximum absolute atomic E-state index is 12.5. The van der Waals surface area contributed by atoms with E-state index in [-0.39, 0.29) is 11.7 Å². The van der Waals surface area contributed by atoms with Crippen molar-refractivity contribution >= 4 is 6.09 Å². The van der Waals surface area contributed by atoms with E-state index in [4.69, 9.17) is 9.47 Å². The highest BCUT2D eigenvalue weighted by Gasteiger charge is 2.47. The number of nitrogens with zero attached hydrogens (tertiary/aromatic N) is 3. The molecule has 6 heteroatoms. The second kappa shape index (κ2) is 9.45. The average Bonchev–Trinajstić information content (AvgIpc) is 3.07. The summed E-state index contributed by atoms with van der Waals surface area (Å²) in [4.78, 5) is 19.2. The summed E-state index contributed by atoms with van der Waals surface area (Å²) in [6.07, 6.45) is 5.18. The van der Waals surface area contributed by atoms with Gasteiger partial charge in [-0.2, -0.15) is 0 Å². The molecule has 0 aliphatic carbocycles. The summed E-state index contributed by atoms with van der Waals surface area (Å²) in [5.41, 5.74) is 1.08. The second-order valence-electron chi connectivity index (χ2n) is 8.92. The number of likely N-dealkylation sites (N-methyl/N-ethyl adjacent to an activating group) is 1. The molecule has 3 fully saturated rings. The van der Waals surface area contributed by atoms with E-state index in [0.717, 1.165) is 78.2 Å². The third kappa shape index (κ3) is 5.30. The molecular weight excluding hydrogens is 366 g/mol. The van der Waals surface area contributed by atoms with E-state index in [0.29, 0.717) is 6.04 Å². The normalized spacial score (nSPS) is 25.0. The Balaban J connectivity index is 1.20. The van der Waals surface area contributed by atoms with Crippen LogP contribution >= 0.6 is 0 Å². The Bertz CT molecular complexity index is 655. The summed E-state index contributed by atoms with van der Waals surface area (Å²) in [5.74, 6) is 0. The predicted molar refractivity (Wildman–Crippen MR) is 113 cm³/mol. The van der Waals surface area contributed by atoms with Crippen molar-refractivity contribution in [3.05, 3.63) is 35.9 Å². The third-order valence-corrected chi connectivity index (χ3v) is 6.78. The number of likely N-dealkylation sites (tertiary alicyclic amines) is 1. The molecule has 3 aliphatic rings. The van der Waals surface area contributed by atoms with E-state index in [1.54, 1.807) is 0 Å². The van der Waals surface area contributed by atoms with E-state index in [2.05, 4.69) is 47.2 Å². The van der Waals surface area contributed by atoms with E-state index < -0.39 is 0 Å². The van der Waals surface area contributed by atoms with Gasteiger partial charge in [0.2, 0.25) is 0 Å². The lowest BCUT2D eigenvalue weighted by atomic mass is 9.90. The van der Waals surface area contributed by atoms with Gasteiger partial charge in [0.1, 0.15) is 5.60 Å². The molecule has 1 amide bonds. The van der Waals surface area contributed by atoms with Crippen LogP contribution < -0.4 is 0 Å². The standard InChI is InChI=1S/C23H35N3O3/c1-24(12-9-20-6-3-2-4-7-20)15-16-26-19-23(29-22(26)27)10-13-25(14-11-23)21-8-5-17-28-18-21/h2-4,6-7,21H,5,8-19H2,1H3/t21-/m1/s1. The number of hydrogen-bond acceptors (Lipinski definition) is 5. The highest BCUT2D eigenvalue weighted by atomic mass is 16.6. The predicted octanol–water partition coefficient (Wildman–Crippen LogP) is 2.63. The fourth-order valence-corrected chi connectivity index (χ4v) is 4.80. The Morgan fingerprint density at radius 2 is 1.97 bits per heavy atom. The molecule has 0 bridgehead atoms. The van der Waals surface area contributed by atoms with Gasteiger partial charge in [-0.1, -0.05) is 30.3 Å². The fourth-order valence-electron chi connectivity index (χ4n) is 4.80. The summed E-state index contributed by atoms with van der Waals surface area (Å²) in [6.45, 7) is 7.13. The van der Waals surface area contributed by atoms with Gasteiger partial charge in [0.25, 0.3) is 0 Å². The molecule has 3 aliphatic heterocycles. The van der Waals surface area contributed by atoms with Gasteiger partial charge >= 0.3 is 6.09 Å². The summed E-state index contributed by atoms with van der Waals surface area (Å²) >= 11 is 0. The molecule has 29 heavy (non-hydrogen) atoms. The van der Waals surface area contributed by atoms with Crippen molar-refractivity contribution in [3.63, 3.8) is 0 Å². The van der Waals surface area contributed by atoms with Gasteiger partial charge in [-0.05, 0) is 31.9 Å². The molecule has 0 saturated carbocycles. The van der Waals surface area contributed by atoms with Gasteiger partial charge in [0.05, 0.1) is 13.2 Å². The zero-order valence-electron chi connectivity index (χ0n) is 17.7. The van der Waals surface area contributed by atoms with Crippen molar-refractivity contribution in [2.75, 3.05) is 59.5 Å². The van der Waals surface area contributed by atoms with Crippen molar-refractivity contribution in [2.24, 2.45) is 0 Å². The lowest BCUT2D eigenvalue weighted by molar-refractivity contribution is -0.0389. The minimum atomic E-state index is -0.272. The van der Waals surface area contributed by atoms with Gasteiger partial charge in [0, 0.05) is 58.2 Å². The molecule has 1 aromatic carbocycles. The first-order valence-electron chi connectivity index (χ1n) is 11.2. The van der Waals surface area contributed by atoms with E-state index in [1.807, 2.05) is 4.90 Å². The number of benzene rings is 1. The first-order valence-corrected chi connectivity index (χ1v) is 11.2. The average molecular weight is 402 g/mol. The second-order valence-corrected chi connectivity index (χ2v) is 8.92. The highest BCUT2D eigenvalue weighted by Crippen LogP contribution is 2.34. The smallest absolute Gasteiger partial charge is 0.410 e. The van der Waals surface area contributed by atoms with Crippen LogP contribution in [0.1, 0.15) is 31.2 Å².